The highest BCUT2D eigenvalue weighted by Crippen LogP contribution is 2.41. The van der Waals surface area contributed by atoms with Gasteiger partial charge in [-0.2, -0.15) is 26.3 Å². The molecule has 0 aromatic carbocycles. The van der Waals surface area contributed by atoms with Crippen LogP contribution in [0.25, 0.3) is 0 Å². The molecular formula is C8H12F6S. The molecule has 15 heavy (non-hydrogen) atoms. The summed E-state index contributed by atoms with van der Waals surface area (Å²) in [7, 11) is 0. The highest BCUT2D eigenvalue weighted by atomic mass is 32.2. The van der Waals surface area contributed by atoms with E-state index in [4.69, 9.17) is 0 Å². The normalized spacial score (nSPS) is 17.6. The van der Waals surface area contributed by atoms with Crippen molar-refractivity contribution in [2.75, 3.05) is 0 Å². The van der Waals surface area contributed by atoms with Crippen molar-refractivity contribution >= 4 is 11.8 Å². The van der Waals surface area contributed by atoms with Gasteiger partial charge in [0.2, 0.25) is 0 Å². The van der Waals surface area contributed by atoms with Gasteiger partial charge in [0.15, 0.2) is 0 Å². The van der Waals surface area contributed by atoms with Crippen molar-refractivity contribution in [2.24, 2.45) is 0 Å². The molecule has 2 unspecified atom stereocenters. The van der Waals surface area contributed by atoms with Crippen molar-refractivity contribution in [2.45, 2.75) is 49.5 Å². The molecule has 0 nitrogen and oxygen atoms in total. The first-order valence-electron chi connectivity index (χ1n) is 4.41. The van der Waals surface area contributed by atoms with Crippen LogP contribution >= 0.6 is 11.8 Å². The van der Waals surface area contributed by atoms with Crippen LogP contribution in [0.3, 0.4) is 0 Å². The van der Waals surface area contributed by atoms with Crippen LogP contribution in [0.4, 0.5) is 26.3 Å². The maximum atomic E-state index is 12.2. The maximum absolute atomic E-state index is 12.2. The number of hydrogen-bond donors (Lipinski definition) is 0. The lowest BCUT2D eigenvalue weighted by Crippen LogP contribution is -2.33. The molecule has 0 saturated carbocycles. The van der Waals surface area contributed by atoms with Crippen LogP contribution in [0.15, 0.2) is 0 Å². The minimum atomic E-state index is -4.57. The molecule has 0 aliphatic carbocycles. The molecule has 0 aromatic heterocycles. The van der Waals surface area contributed by atoms with E-state index in [0.29, 0.717) is 0 Å². The number of rotatable bonds is 4. The Balaban J connectivity index is 4.52. The zero-order chi connectivity index (χ0) is 12.3. The number of halogens is 6. The van der Waals surface area contributed by atoms with Gasteiger partial charge in [0.05, 0.1) is 0 Å². The third-order valence-corrected chi connectivity index (χ3v) is 3.66. The monoisotopic (exact) mass is 254 g/mol. The van der Waals surface area contributed by atoms with E-state index in [1.807, 2.05) is 0 Å². The van der Waals surface area contributed by atoms with Crippen molar-refractivity contribution in [3.05, 3.63) is 0 Å². The quantitative estimate of drug-likeness (QED) is 0.670. The zero-order valence-corrected chi connectivity index (χ0v) is 9.06. The van der Waals surface area contributed by atoms with Gasteiger partial charge < -0.3 is 0 Å². The van der Waals surface area contributed by atoms with Crippen LogP contribution in [0, 0.1) is 0 Å². The summed E-state index contributed by atoms with van der Waals surface area (Å²) in [4.78, 5) is 0. The third kappa shape index (κ3) is 4.99. The standard InChI is InChI=1S/C8H12F6S/c1-3-5(7(9,10)11)15-6(4-2)8(12,13)14/h5-6H,3-4H2,1-2H3. The van der Waals surface area contributed by atoms with E-state index in [0.717, 1.165) is 0 Å². The largest absolute Gasteiger partial charge is 0.400 e. The van der Waals surface area contributed by atoms with Crippen molar-refractivity contribution in [1.82, 2.24) is 0 Å². The smallest absolute Gasteiger partial charge is 0.170 e. The van der Waals surface area contributed by atoms with Gasteiger partial charge in [0.1, 0.15) is 10.5 Å². The minimum Gasteiger partial charge on any atom is -0.170 e. The first-order valence-corrected chi connectivity index (χ1v) is 5.36. The molecule has 0 aliphatic heterocycles. The fourth-order valence-electron chi connectivity index (χ4n) is 1.01. The van der Waals surface area contributed by atoms with Gasteiger partial charge in [0.25, 0.3) is 0 Å². The summed E-state index contributed by atoms with van der Waals surface area (Å²) in [5, 5.41) is -3.88. The van der Waals surface area contributed by atoms with Crippen LogP contribution in [-0.2, 0) is 0 Å². The Morgan fingerprint density at radius 3 is 1.20 bits per heavy atom. The summed E-state index contributed by atoms with van der Waals surface area (Å²) in [6, 6.07) is 0. The number of alkyl halides is 6. The van der Waals surface area contributed by atoms with Crippen molar-refractivity contribution in [3.8, 4) is 0 Å². The lowest BCUT2D eigenvalue weighted by Gasteiger charge is -2.25. The van der Waals surface area contributed by atoms with Crippen LogP contribution in [-0.4, -0.2) is 22.9 Å². The summed E-state index contributed by atoms with van der Waals surface area (Å²) in [6.45, 7) is 2.46. The van der Waals surface area contributed by atoms with Gasteiger partial charge in [-0.3, -0.25) is 0 Å². The molecule has 0 bridgehead atoms. The summed E-state index contributed by atoms with van der Waals surface area (Å²) in [6.07, 6.45) is -9.84. The molecule has 0 saturated heterocycles. The van der Waals surface area contributed by atoms with E-state index in [1.165, 1.54) is 13.8 Å². The average Bonchev–Trinajstić information content (AvgIpc) is 2.01. The SMILES string of the molecule is CCC(SC(CC)C(F)(F)F)C(F)(F)F. The number of thioether (sulfide) groups is 1. The molecule has 0 aromatic rings. The highest BCUT2D eigenvalue weighted by molar-refractivity contribution is 8.00. The van der Waals surface area contributed by atoms with E-state index in [2.05, 4.69) is 0 Å². The van der Waals surface area contributed by atoms with Crippen molar-refractivity contribution in [3.63, 3.8) is 0 Å². The van der Waals surface area contributed by atoms with Crippen LogP contribution in [0.5, 0.6) is 0 Å². The molecule has 0 N–H and O–H groups in total. The summed E-state index contributed by atoms with van der Waals surface area (Å²) < 4.78 is 73.3. The molecule has 7 heteroatoms. The minimum absolute atomic E-state index is 0.0463. The van der Waals surface area contributed by atoms with E-state index in [1.54, 1.807) is 0 Å². The highest BCUT2D eigenvalue weighted by Gasteiger charge is 2.46. The Morgan fingerprint density at radius 2 is 1.07 bits per heavy atom. The molecular weight excluding hydrogens is 242 g/mol. The predicted octanol–water partition coefficient (Wildman–Crippen LogP) is 4.40. The van der Waals surface area contributed by atoms with Crippen LogP contribution < -0.4 is 0 Å². The fourth-order valence-corrected chi connectivity index (χ4v) is 2.10. The average molecular weight is 254 g/mol. The first-order chi connectivity index (χ1) is 6.62. The Labute approximate surface area is 88.4 Å². The molecule has 92 valence electrons. The molecule has 0 aliphatic rings. The molecule has 0 rings (SSSR count). The first kappa shape index (κ1) is 14.9. The molecule has 0 radical (unpaired) electrons. The van der Waals surface area contributed by atoms with E-state index < -0.39 is 22.9 Å². The lowest BCUT2D eigenvalue weighted by atomic mass is 10.3. The molecule has 2 atom stereocenters. The summed E-state index contributed by atoms with van der Waals surface area (Å²) in [5.41, 5.74) is 0. The molecule has 0 fully saturated rings. The molecule has 0 amide bonds. The van der Waals surface area contributed by atoms with Crippen LogP contribution in [0.2, 0.25) is 0 Å². The maximum Gasteiger partial charge on any atom is 0.400 e. The van der Waals surface area contributed by atoms with Crippen molar-refractivity contribution in [1.29, 1.82) is 0 Å². The second-order valence-corrected chi connectivity index (χ2v) is 4.42. The zero-order valence-electron chi connectivity index (χ0n) is 8.24. The Morgan fingerprint density at radius 1 is 0.800 bits per heavy atom. The van der Waals surface area contributed by atoms with E-state index >= 15 is 0 Å². The predicted molar refractivity (Wildman–Crippen MR) is 47.9 cm³/mol. The Hall–Kier alpha value is -0.0700. The van der Waals surface area contributed by atoms with E-state index in [9.17, 15) is 26.3 Å². The Bertz CT molecular complexity index is 165. The fraction of sp³-hybridized carbons (Fsp3) is 1.00. The summed E-state index contributed by atoms with van der Waals surface area (Å²) in [5.74, 6) is 0. The second-order valence-electron chi connectivity index (χ2n) is 3.01. The number of hydrogen-bond acceptors (Lipinski definition) is 1. The van der Waals surface area contributed by atoms with Gasteiger partial charge in [-0.25, -0.2) is 0 Å². The van der Waals surface area contributed by atoms with Gasteiger partial charge >= 0.3 is 12.4 Å². The Kier molecular flexibility index (Phi) is 5.29. The van der Waals surface area contributed by atoms with Gasteiger partial charge in [-0.05, 0) is 12.8 Å². The molecule has 0 spiro atoms. The third-order valence-electron chi connectivity index (χ3n) is 1.80. The van der Waals surface area contributed by atoms with Gasteiger partial charge in [0, 0.05) is 0 Å². The van der Waals surface area contributed by atoms with Gasteiger partial charge in [-0.1, -0.05) is 13.8 Å². The van der Waals surface area contributed by atoms with Crippen LogP contribution in [0.1, 0.15) is 26.7 Å². The lowest BCUT2D eigenvalue weighted by molar-refractivity contribution is -0.135. The van der Waals surface area contributed by atoms with Gasteiger partial charge in [-0.15, -0.1) is 11.8 Å². The second kappa shape index (κ2) is 5.32. The van der Waals surface area contributed by atoms with E-state index in [-0.39, 0.29) is 24.6 Å². The topological polar surface area (TPSA) is 0 Å². The summed E-state index contributed by atoms with van der Waals surface area (Å²) >= 11 is -0.0463. The van der Waals surface area contributed by atoms with Crippen molar-refractivity contribution < 1.29 is 26.3 Å². The molecule has 0 heterocycles.